The SMILES string of the molecule is C1CNCC(Cc2noc(C3COCCO3)n2)C1. The second-order valence-electron chi connectivity index (χ2n) is 4.90. The molecule has 3 heterocycles. The largest absolute Gasteiger partial charge is 0.376 e. The number of rotatable bonds is 3. The second kappa shape index (κ2) is 5.77. The van der Waals surface area contributed by atoms with Crippen molar-refractivity contribution in [3.8, 4) is 0 Å². The quantitative estimate of drug-likeness (QED) is 0.855. The van der Waals surface area contributed by atoms with Gasteiger partial charge in [-0.05, 0) is 31.8 Å². The van der Waals surface area contributed by atoms with E-state index in [2.05, 4.69) is 15.5 Å². The lowest BCUT2D eigenvalue weighted by molar-refractivity contribution is -0.101. The highest BCUT2D eigenvalue weighted by atomic mass is 16.6. The lowest BCUT2D eigenvalue weighted by atomic mass is 9.96. The smallest absolute Gasteiger partial charge is 0.258 e. The first-order valence-corrected chi connectivity index (χ1v) is 6.64. The van der Waals surface area contributed by atoms with Crippen LogP contribution >= 0.6 is 0 Å². The van der Waals surface area contributed by atoms with E-state index in [0.717, 1.165) is 25.3 Å². The molecule has 1 N–H and O–H groups in total. The Bertz CT molecular complexity index is 370. The van der Waals surface area contributed by atoms with Gasteiger partial charge in [-0.3, -0.25) is 0 Å². The minimum Gasteiger partial charge on any atom is -0.376 e. The van der Waals surface area contributed by atoms with Crippen molar-refractivity contribution in [2.45, 2.75) is 25.4 Å². The third-order valence-electron chi connectivity index (χ3n) is 3.45. The Balaban J connectivity index is 1.58. The highest BCUT2D eigenvalue weighted by Gasteiger charge is 2.24. The van der Waals surface area contributed by atoms with E-state index in [1.54, 1.807) is 0 Å². The average Bonchev–Trinajstić information content (AvgIpc) is 2.89. The molecule has 18 heavy (non-hydrogen) atoms. The molecule has 100 valence electrons. The van der Waals surface area contributed by atoms with Crippen molar-refractivity contribution in [3.05, 3.63) is 11.7 Å². The van der Waals surface area contributed by atoms with Gasteiger partial charge in [-0.15, -0.1) is 0 Å². The summed E-state index contributed by atoms with van der Waals surface area (Å²) < 4.78 is 16.1. The molecule has 1 aromatic rings. The Morgan fingerprint density at radius 1 is 1.33 bits per heavy atom. The summed E-state index contributed by atoms with van der Waals surface area (Å²) in [5.74, 6) is 1.95. The standard InChI is InChI=1S/C12H19N3O3/c1-2-9(7-13-3-1)6-11-14-12(18-15-11)10-8-16-4-5-17-10/h9-10,13H,1-8H2. The van der Waals surface area contributed by atoms with Crippen molar-refractivity contribution in [2.75, 3.05) is 32.9 Å². The number of piperidine rings is 1. The van der Waals surface area contributed by atoms with Crippen molar-refractivity contribution in [1.29, 1.82) is 0 Å². The van der Waals surface area contributed by atoms with Crippen LogP contribution in [0.3, 0.4) is 0 Å². The van der Waals surface area contributed by atoms with Crippen LogP contribution in [0.25, 0.3) is 0 Å². The summed E-state index contributed by atoms with van der Waals surface area (Å²) in [4.78, 5) is 4.42. The number of aromatic nitrogens is 2. The number of nitrogens with zero attached hydrogens (tertiary/aromatic N) is 2. The molecule has 2 fully saturated rings. The van der Waals surface area contributed by atoms with Gasteiger partial charge in [0.15, 0.2) is 11.9 Å². The summed E-state index contributed by atoms with van der Waals surface area (Å²) in [5.41, 5.74) is 0. The Kier molecular flexibility index (Phi) is 3.87. The molecular weight excluding hydrogens is 234 g/mol. The molecular formula is C12H19N3O3. The fraction of sp³-hybridized carbons (Fsp3) is 0.833. The van der Waals surface area contributed by atoms with Crippen LogP contribution in [0.5, 0.6) is 0 Å². The molecule has 2 aliphatic heterocycles. The molecule has 0 saturated carbocycles. The van der Waals surface area contributed by atoms with Crippen LogP contribution in [0.15, 0.2) is 4.52 Å². The highest BCUT2D eigenvalue weighted by molar-refractivity contribution is 4.93. The molecule has 0 radical (unpaired) electrons. The number of hydrogen-bond acceptors (Lipinski definition) is 6. The van der Waals surface area contributed by atoms with Crippen molar-refractivity contribution in [2.24, 2.45) is 5.92 Å². The van der Waals surface area contributed by atoms with Crippen LogP contribution in [0.2, 0.25) is 0 Å². The van der Waals surface area contributed by atoms with Crippen molar-refractivity contribution < 1.29 is 14.0 Å². The molecule has 2 atom stereocenters. The monoisotopic (exact) mass is 253 g/mol. The van der Waals surface area contributed by atoms with Crippen molar-refractivity contribution >= 4 is 0 Å². The van der Waals surface area contributed by atoms with Gasteiger partial charge in [0, 0.05) is 6.42 Å². The molecule has 6 nitrogen and oxygen atoms in total. The van der Waals surface area contributed by atoms with E-state index in [1.807, 2.05) is 0 Å². The molecule has 0 aliphatic carbocycles. The van der Waals surface area contributed by atoms with Gasteiger partial charge in [0.2, 0.25) is 0 Å². The van der Waals surface area contributed by atoms with E-state index in [4.69, 9.17) is 14.0 Å². The predicted molar refractivity (Wildman–Crippen MR) is 63.1 cm³/mol. The van der Waals surface area contributed by atoms with E-state index in [0.29, 0.717) is 31.6 Å². The molecule has 0 aromatic carbocycles. The number of hydrogen-bond donors (Lipinski definition) is 1. The Morgan fingerprint density at radius 2 is 2.33 bits per heavy atom. The van der Waals surface area contributed by atoms with Gasteiger partial charge in [0.1, 0.15) is 0 Å². The van der Waals surface area contributed by atoms with E-state index in [1.165, 1.54) is 12.8 Å². The van der Waals surface area contributed by atoms with Gasteiger partial charge in [-0.1, -0.05) is 5.16 Å². The zero-order valence-electron chi connectivity index (χ0n) is 10.4. The molecule has 0 spiro atoms. The zero-order chi connectivity index (χ0) is 12.2. The minimum absolute atomic E-state index is 0.190. The van der Waals surface area contributed by atoms with Crippen LogP contribution in [0, 0.1) is 5.92 Å². The van der Waals surface area contributed by atoms with E-state index in [9.17, 15) is 0 Å². The Labute approximate surface area is 106 Å². The zero-order valence-corrected chi connectivity index (χ0v) is 10.4. The first kappa shape index (κ1) is 12.1. The van der Waals surface area contributed by atoms with Crippen LogP contribution < -0.4 is 5.32 Å². The summed E-state index contributed by atoms with van der Waals surface area (Å²) in [6.07, 6.45) is 3.16. The summed E-state index contributed by atoms with van der Waals surface area (Å²) >= 11 is 0. The first-order valence-electron chi connectivity index (χ1n) is 6.64. The minimum atomic E-state index is -0.190. The fourth-order valence-corrected chi connectivity index (χ4v) is 2.47. The molecule has 0 bridgehead atoms. The summed E-state index contributed by atoms with van der Waals surface area (Å²) in [6.45, 7) is 3.92. The summed E-state index contributed by atoms with van der Waals surface area (Å²) in [6, 6.07) is 0. The fourth-order valence-electron chi connectivity index (χ4n) is 2.47. The second-order valence-corrected chi connectivity index (χ2v) is 4.90. The summed E-state index contributed by atoms with van der Waals surface area (Å²) in [5, 5.41) is 7.43. The van der Waals surface area contributed by atoms with Gasteiger partial charge in [-0.25, -0.2) is 0 Å². The van der Waals surface area contributed by atoms with Gasteiger partial charge in [0.05, 0.1) is 19.8 Å². The van der Waals surface area contributed by atoms with Gasteiger partial charge in [0.25, 0.3) is 5.89 Å². The van der Waals surface area contributed by atoms with Gasteiger partial charge in [-0.2, -0.15) is 4.98 Å². The van der Waals surface area contributed by atoms with Crippen molar-refractivity contribution in [1.82, 2.24) is 15.5 Å². The summed E-state index contributed by atoms with van der Waals surface area (Å²) in [7, 11) is 0. The van der Waals surface area contributed by atoms with Gasteiger partial charge >= 0.3 is 0 Å². The third kappa shape index (κ3) is 2.88. The third-order valence-corrected chi connectivity index (χ3v) is 3.45. The molecule has 2 aliphatic rings. The maximum Gasteiger partial charge on any atom is 0.258 e. The van der Waals surface area contributed by atoms with Crippen LogP contribution in [0.1, 0.15) is 30.7 Å². The molecule has 2 unspecified atom stereocenters. The Morgan fingerprint density at radius 3 is 3.11 bits per heavy atom. The lowest BCUT2D eigenvalue weighted by Gasteiger charge is -2.21. The van der Waals surface area contributed by atoms with E-state index < -0.39 is 0 Å². The first-order chi connectivity index (χ1) is 8.92. The molecule has 3 rings (SSSR count). The normalized spacial score (nSPS) is 29.3. The van der Waals surface area contributed by atoms with Crippen LogP contribution in [0.4, 0.5) is 0 Å². The van der Waals surface area contributed by atoms with Crippen LogP contribution in [-0.2, 0) is 15.9 Å². The predicted octanol–water partition coefficient (Wildman–Crippen LogP) is 0.700. The van der Waals surface area contributed by atoms with E-state index >= 15 is 0 Å². The Hall–Kier alpha value is -0.980. The molecule has 2 saturated heterocycles. The maximum atomic E-state index is 5.53. The highest BCUT2D eigenvalue weighted by Crippen LogP contribution is 2.20. The molecule has 1 aromatic heterocycles. The number of ether oxygens (including phenoxy) is 2. The molecule has 0 amide bonds. The van der Waals surface area contributed by atoms with E-state index in [-0.39, 0.29) is 6.10 Å². The topological polar surface area (TPSA) is 69.4 Å². The number of nitrogens with one attached hydrogen (secondary N) is 1. The van der Waals surface area contributed by atoms with Crippen molar-refractivity contribution in [3.63, 3.8) is 0 Å². The lowest BCUT2D eigenvalue weighted by Crippen LogP contribution is -2.31. The molecule has 6 heteroatoms. The van der Waals surface area contributed by atoms with Crippen LogP contribution in [-0.4, -0.2) is 43.1 Å². The average molecular weight is 253 g/mol. The maximum absolute atomic E-state index is 5.53. The van der Waals surface area contributed by atoms with Gasteiger partial charge < -0.3 is 19.3 Å².